The van der Waals surface area contributed by atoms with Crippen molar-refractivity contribution in [2.45, 2.75) is 6.92 Å². The molecule has 3 N–H and O–H groups in total. The third-order valence-corrected chi connectivity index (χ3v) is 2.87. The molecule has 0 amide bonds. The van der Waals surface area contributed by atoms with Crippen LogP contribution in [0.1, 0.15) is 5.56 Å². The number of anilines is 1. The number of hydrogen-bond donors (Lipinski definition) is 2. The van der Waals surface area contributed by atoms with E-state index in [2.05, 4.69) is 15.1 Å². The highest BCUT2D eigenvalue weighted by molar-refractivity contribution is 5.72. The fraction of sp³-hybridized carbons (Fsp3) is 0.0714. The van der Waals surface area contributed by atoms with Crippen LogP contribution in [-0.2, 0) is 0 Å². The highest BCUT2D eigenvalue weighted by Gasteiger charge is 2.15. The van der Waals surface area contributed by atoms with E-state index in [0.717, 1.165) is 5.56 Å². The minimum absolute atomic E-state index is 0.0695. The Kier molecular flexibility index (Phi) is 2.83. The van der Waals surface area contributed by atoms with Gasteiger partial charge in [-0.05, 0) is 36.8 Å². The molecule has 1 aromatic carbocycles. The number of nitrogens with zero attached hydrogens (tertiary/aromatic N) is 3. The second kappa shape index (κ2) is 4.65. The van der Waals surface area contributed by atoms with E-state index in [1.807, 2.05) is 19.1 Å². The molecule has 100 valence electrons. The molecule has 0 atom stereocenters. The molecule has 0 saturated heterocycles. The van der Waals surface area contributed by atoms with Gasteiger partial charge in [-0.3, -0.25) is 4.98 Å². The summed E-state index contributed by atoms with van der Waals surface area (Å²) in [7, 11) is 0. The van der Waals surface area contributed by atoms with Crippen molar-refractivity contribution in [1.82, 2.24) is 15.1 Å². The molecule has 3 aromatic rings. The Morgan fingerprint density at radius 1 is 1.25 bits per heavy atom. The first kappa shape index (κ1) is 12.2. The van der Waals surface area contributed by atoms with Gasteiger partial charge in [0.1, 0.15) is 5.69 Å². The van der Waals surface area contributed by atoms with E-state index in [1.165, 1.54) is 0 Å². The fourth-order valence-corrected chi connectivity index (χ4v) is 1.83. The zero-order valence-corrected chi connectivity index (χ0v) is 10.7. The fourth-order valence-electron chi connectivity index (χ4n) is 1.83. The van der Waals surface area contributed by atoms with Gasteiger partial charge in [-0.25, -0.2) is 0 Å². The summed E-state index contributed by atoms with van der Waals surface area (Å²) in [6.45, 7) is 1.95. The quantitative estimate of drug-likeness (QED) is 0.547. The van der Waals surface area contributed by atoms with Crippen LogP contribution in [0.5, 0.6) is 5.75 Å². The minimum Gasteiger partial charge on any atom is -0.505 e. The van der Waals surface area contributed by atoms with E-state index in [-0.39, 0.29) is 17.3 Å². The molecule has 0 spiro atoms. The van der Waals surface area contributed by atoms with Crippen molar-refractivity contribution in [3.8, 4) is 28.7 Å². The van der Waals surface area contributed by atoms with Crippen LogP contribution in [0.4, 0.5) is 5.69 Å². The molecule has 2 heterocycles. The molecular formula is C14H12N4O2. The van der Waals surface area contributed by atoms with E-state index in [0.29, 0.717) is 17.1 Å². The van der Waals surface area contributed by atoms with Gasteiger partial charge in [0.25, 0.3) is 5.89 Å². The van der Waals surface area contributed by atoms with E-state index in [9.17, 15) is 5.11 Å². The van der Waals surface area contributed by atoms with Gasteiger partial charge in [0.05, 0.1) is 11.3 Å². The lowest BCUT2D eigenvalue weighted by Gasteiger charge is -2.01. The van der Waals surface area contributed by atoms with Crippen molar-refractivity contribution in [1.29, 1.82) is 0 Å². The first-order chi connectivity index (χ1) is 9.65. The number of pyridine rings is 1. The Bertz CT molecular complexity index is 767. The predicted octanol–water partition coefficient (Wildman–Crippen LogP) is 2.39. The maximum atomic E-state index is 9.91. The van der Waals surface area contributed by atoms with Crippen LogP contribution >= 0.6 is 0 Å². The molecule has 0 aliphatic heterocycles. The lowest BCUT2D eigenvalue weighted by Crippen LogP contribution is -1.88. The number of para-hydroxylation sites is 1. The number of aromatic hydroxyl groups is 1. The highest BCUT2D eigenvalue weighted by atomic mass is 16.5. The van der Waals surface area contributed by atoms with Crippen LogP contribution in [0.2, 0.25) is 0 Å². The number of nitrogen functional groups attached to an aromatic ring is 1. The Hall–Kier alpha value is -2.89. The number of phenols is 1. The summed E-state index contributed by atoms with van der Waals surface area (Å²) in [4.78, 5) is 8.42. The van der Waals surface area contributed by atoms with E-state index < -0.39 is 0 Å². The van der Waals surface area contributed by atoms with Gasteiger partial charge < -0.3 is 15.4 Å². The van der Waals surface area contributed by atoms with Crippen molar-refractivity contribution in [2.24, 2.45) is 0 Å². The summed E-state index contributed by atoms with van der Waals surface area (Å²) in [5, 5.41) is 13.8. The Morgan fingerprint density at radius 2 is 2.10 bits per heavy atom. The number of phenolic OH excluding ortho intramolecular Hbond substituents is 1. The van der Waals surface area contributed by atoms with Crippen molar-refractivity contribution in [2.75, 3.05) is 5.73 Å². The summed E-state index contributed by atoms with van der Waals surface area (Å²) < 4.78 is 5.16. The zero-order valence-electron chi connectivity index (χ0n) is 10.7. The van der Waals surface area contributed by atoms with Gasteiger partial charge in [0.15, 0.2) is 5.75 Å². The number of nitrogens with two attached hydrogens (primary N) is 1. The monoisotopic (exact) mass is 268 g/mol. The number of benzene rings is 1. The maximum Gasteiger partial charge on any atom is 0.262 e. The molecule has 0 saturated carbocycles. The second-order valence-electron chi connectivity index (χ2n) is 4.38. The molecule has 20 heavy (non-hydrogen) atoms. The van der Waals surface area contributed by atoms with Gasteiger partial charge in [-0.1, -0.05) is 11.2 Å². The minimum atomic E-state index is -0.0695. The lowest BCUT2D eigenvalue weighted by atomic mass is 10.1. The van der Waals surface area contributed by atoms with E-state index >= 15 is 0 Å². The molecule has 0 radical (unpaired) electrons. The zero-order chi connectivity index (χ0) is 14.1. The molecule has 2 aromatic heterocycles. The maximum absolute atomic E-state index is 9.91. The number of hydrogen-bond acceptors (Lipinski definition) is 6. The Labute approximate surface area is 114 Å². The second-order valence-corrected chi connectivity index (χ2v) is 4.38. The third-order valence-electron chi connectivity index (χ3n) is 2.87. The van der Waals surface area contributed by atoms with Crippen molar-refractivity contribution < 1.29 is 9.63 Å². The van der Waals surface area contributed by atoms with Crippen LogP contribution < -0.4 is 5.73 Å². The molecule has 0 aliphatic rings. The van der Waals surface area contributed by atoms with Crippen LogP contribution in [-0.4, -0.2) is 20.2 Å². The molecule has 6 heteroatoms. The van der Waals surface area contributed by atoms with Gasteiger partial charge in [-0.15, -0.1) is 0 Å². The average molecular weight is 268 g/mol. The molecule has 6 nitrogen and oxygen atoms in total. The molecule has 3 rings (SSSR count). The summed E-state index contributed by atoms with van der Waals surface area (Å²) in [6.07, 6.45) is 1.68. The van der Waals surface area contributed by atoms with Gasteiger partial charge in [-0.2, -0.15) is 4.98 Å². The SMILES string of the molecule is Cc1ccnc(-c2noc(-c3cccc(N)c3O)n2)c1. The van der Waals surface area contributed by atoms with Crippen LogP contribution in [0, 0.1) is 6.92 Å². The van der Waals surface area contributed by atoms with Crippen LogP contribution in [0.3, 0.4) is 0 Å². The van der Waals surface area contributed by atoms with Crippen molar-refractivity contribution in [3.05, 3.63) is 42.1 Å². The number of aryl methyl sites for hydroxylation is 1. The van der Waals surface area contributed by atoms with E-state index in [1.54, 1.807) is 24.4 Å². The van der Waals surface area contributed by atoms with Crippen LogP contribution in [0.25, 0.3) is 23.0 Å². The number of aromatic nitrogens is 3. The van der Waals surface area contributed by atoms with Crippen molar-refractivity contribution >= 4 is 5.69 Å². The summed E-state index contributed by atoms with van der Waals surface area (Å²) in [6, 6.07) is 8.70. The number of rotatable bonds is 2. The van der Waals surface area contributed by atoms with Crippen LogP contribution in [0.15, 0.2) is 41.1 Å². The lowest BCUT2D eigenvalue weighted by molar-refractivity contribution is 0.426. The van der Waals surface area contributed by atoms with Gasteiger partial charge in [0.2, 0.25) is 5.82 Å². The average Bonchev–Trinajstić information content (AvgIpc) is 2.91. The molecule has 0 unspecified atom stereocenters. The molecule has 0 fully saturated rings. The third kappa shape index (κ3) is 2.07. The Balaban J connectivity index is 2.04. The normalized spacial score (nSPS) is 10.7. The van der Waals surface area contributed by atoms with Gasteiger partial charge >= 0.3 is 0 Å². The standard InChI is InChI=1S/C14H12N4O2/c1-8-5-6-16-11(7-8)13-17-14(20-18-13)9-3-2-4-10(15)12(9)19/h2-7,19H,15H2,1H3. The largest absolute Gasteiger partial charge is 0.505 e. The predicted molar refractivity (Wildman–Crippen MR) is 73.8 cm³/mol. The Morgan fingerprint density at radius 3 is 2.90 bits per heavy atom. The summed E-state index contributed by atoms with van der Waals surface area (Å²) in [5.74, 6) is 0.499. The topological polar surface area (TPSA) is 98.1 Å². The molecule has 0 aliphatic carbocycles. The highest BCUT2D eigenvalue weighted by Crippen LogP contribution is 2.33. The smallest absolute Gasteiger partial charge is 0.262 e. The van der Waals surface area contributed by atoms with Gasteiger partial charge in [0, 0.05) is 6.20 Å². The van der Waals surface area contributed by atoms with Crippen molar-refractivity contribution in [3.63, 3.8) is 0 Å². The first-order valence-electron chi connectivity index (χ1n) is 5.99. The molecule has 0 bridgehead atoms. The summed E-state index contributed by atoms with van der Waals surface area (Å²) in [5.41, 5.74) is 7.97. The first-order valence-corrected chi connectivity index (χ1v) is 5.99. The molecular weight excluding hydrogens is 256 g/mol. The summed E-state index contributed by atoms with van der Waals surface area (Å²) >= 11 is 0. The van der Waals surface area contributed by atoms with E-state index in [4.69, 9.17) is 10.3 Å².